The van der Waals surface area contributed by atoms with Crippen molar-refractivity contribution >= 4 is 32.9 Å². The van der Waals surface area contributed by atoms with Crippen molar-refractivity contribution in [1.29, 1.82) is 0 Å². The van der Waals surface area contributed by atoms with Crippen molar-refractivity contribution in [3.05, 3.63) is 28.2 Å². The molecule has 0 bridgehead atoms. The first kappa shape index (κ1) is 23.0. The molecule has 4 nitrogen and oxygen atoms in total. The molecule has 0 N–H and O–H groups in total. The summed E-state index contributed by atoms with van der Waals surface area (Å²) in [4.78, 5) is 16.7. The van der Waals surface area contributed by atoms with E-state index in [4.69, 9.17) is 4.74 Å². The Labute approximate surface area is 188 Å². The molecule has 0 radical (unpaired) electrons. The van der Waals surface area contributed by atoms with Gasteiger partial charge in [-0.3, -0.25) is 4.79 Å². The lowest BCUT2D eigenvalue weighted by Gasteiger charge is -2.32. The number of nitrogens with zero attached hydrogens (tertiary/aromatic N) is 2. The molecule has 2 aliphatic heterocycles. The average Bonchev–Trinajstić information content (AvgIpc) is 3.04. The standard InChI is InChI=1S/C23H35BrN2O2S/c1-16(2)26-15-21(29-23(26)27)9-12-25-10-7-18(8-11-25)13-19-14-20(28-17(3)4)5-6-22(19)24/h5-6,14,16-18,21H,7-13,15H2,1-4H3. The fourth-order valence-corrected chi connectivity index (χ4v) is 5.79. The molecule has 0 aromatic heterocycles. The Morgan fingerprint density at radius 1 is 1.21 bits per heavy atom. The monoisotopic (exact) mass is 482 g/mol. The highest BCUT2D eigenvalue weighted by Gasteiger charge is 2.32. The maximum Gasteiger partial charge on any atom is 0.282 e. The van der Waals surface area contributed by atoms with Crippen LogP contribution >= 0.6 is 27.7 Å². The number of hydrogen-bond donors (Lipinski definition) is 0. The van der Waals surface area contributed by atoms with Gasteiger partial charge in [0.05, 0.1) is 6.10 Å². The first-order chi connectivity index (χ1) is 13.8. The zero-order valence-electron chi connectivity index (χ0n) is 18.2. The molecule has 1 aromatic carbocycles. The van der Waals surface area contributed by atoms with E-state index in [1.807, 2.05) is 11.0 Å². The molecule has 29 heavy (non-hydrogen) atoms. The van der Waals surface area contributed by atoms with Crippen molar-refractivity contribution in [3.63, 3.8) is 0 Å². The quantitative estimate of drug-likeness (QED) is 0.466. The van der Waals surface area contributed by atoms with Crippen molar-refractivity contribution < 1.29 is 9.53 Å². The Morgan fingerprint density at radius 2 is 1.93 bits per heavy atom. The molecule has 6 heteroatoms. The van der Waals surface area contributed by atoms with Crippen molar-refractivity contribution in [2.45, 2.75) is 70.8 Å². The molecular weight excluding hydrogens is 448 g/mol. The number of halogens is 1. The van der Waals surface area contributed by atoms with Crippen LogP contribution in [0, 0.1) is 5.92 Å². The third-order valence-electron chi connectivity index (χ3n) is 5.90. The van der Waals surface area contributed by atoms with Gasteiger partial charge in [-0.2, -0.15) is 0 Å². The Bertz CT molecular complexity index is 689. The van der Waals surface area contributed by atoms with Gasteiger partial charge in [0.1, 0.15) is 5.75 Å². The largest absolute Gasteiger partial charge is 0.491 e. The van der Waals surface area contributed by atoms with E-state index in [0.29, 0.717) is 11.3 Å². The number of ether oxygens (including phenoxy) is 1. The molecule has 0 aliphatic carbocycles. The molecule has 2 heterocycles. The molecule has 0 spiro atoms. The summed E-state index contributed by atoms with van der Waals surface area (Å²) in [6.07, 6.45) is 4.92. The van der Waals surface area contributed by atoms with Gasteiger partial charge < -0.3 is 14.5 Å². The fourth-order valence-electron chi connectivity index (χ4n) is 4.22. The van der Waals surface area contributed by atoms with E-state index in [9.17, 15) is 4.79 Å². The highest BCUT2D eigenvalue weighted by molar-refractivity contribution is 9.10. The predicted molar refractivity (Wildman–Crippen MR) is 126 cm³/mol. The van der Waals surface area contributed by atoms with E-state index < -0.39 is 0 Å². The highest BCUT2D eigenvalue weighted by atomic mass is 79.9. The first-order valence-corrected chi connectivity index (χ1v) is 12.6. The van der Waals surface area contributed by atoms with Crippen molar-refractivity contribution in [1.82, 2.24) is 9.80 Å². The zero-order chi connectivity index (χ0) is 21.0. The molecule has 162 valence electrons. The lowest BCUT2D eigenvalue weighted by molar-refractivity contribution is 0.179. The Kier molecular flexibility index (Phi) is 8.34. The molecule has 1 unspecified atom stereocenters. The number of benzene rings is 1. The van der Waals surface area contributed by atoms with Crippen LogP contribution in [0.3, 0.4) is 0 Å². The molecule has 2 fully saturated rings. The van der Waals surface area contributed by atoms with Crippen LogP contribution in [0.5, 0.6) is 5.75 Å². The minimum atomic E-state index is 0.202. The summed E-state index contributed by atoms with van der Waals surface area (Å²) in [6.45, 7) is 12.7. The summed E-state index contributed by atoms with van der Waals surface area (Å²) in [5, 5.41) is 0.722. The van der Waals surface area contributed by atoms with Crippen LogP contribution in [-0.2, 0) is 6.42 Å². The third-order valence-corrected chi connectivity index (χ3v) is 7.83. The zero-order valence-corrected chi connectivity index (χ0v) is 20.6. The van der Waals surface area contributed by atoms with E-state index in [2.05, 4.69) is 60.7 Å². The first-order valence-electron chi connectivity index (χ1n) is 11.0. The van der Waals surface area contributed by atoms with E-state index in [1.165, 1.54) is 36.0 Å². The lowest BCUT2D eigenvalue weighted by Crippen LogP contribution is -2.36. The van der Waals surface area contributed by atoms with Gasteiger partial charge in [0.25, 0.3) is 5.24 Å². The number of carbonyl (C=O) groups is 1. The van der Waals surface area contributed by atoms with Gasteiger partial charge in [-0.15, -0.1) is 0 Å². The molecule has 1 atom stereocenters. The third kappa shape index (κ3) is 6.63. The van der Waals surface area contributed by atoms with E-state index in [-0.39, 0.29) is 11.3 Å². The highest BCUT2D eigenvalue weighted by Crippen LogP contribution is 2.31. The van der Waals surface area contributed by atoms with Crippen LogP contribution in [-0.4, -0.2) is 58.6 Å². The van der Waals surface area contributed by atoms with Crippen molar-refractivity contribution in [2.75, 3.05) is 26.2 Å². The summed E-state index contributed by atoms with van der Waals surface area (Å²) in [5.41, 5.74) is 1.36. The van der Waals surface area contributed by atoms with E-state index in [1.54, 1.807) is 11.8 Å². The van der Waals surface area contributed by atoms with Gasteiger partial charge in [0.15, 0.2) is 0 Å². The molecule has 1 aromatic rings. The second-order valence-corrected chi connectivity index (χ2v) is 11.1. The van der Waals surface area contributed by atoms with Gasteiger partial charge in [0.2, 0.25) is 0 Å². The smallest absolute Gasteiger partial charge is 0.282 e. The van der Waals surface area contributed by atoms with Crippen LogP contribution in [0.4, 0.5) is 4.79 Å². The summed E-state index contributed by atoms with van der Waals surface area (Å²) < 4.78 is 7.06. The fraction of sp³-hybridized carbons (Fsp3) is 0.696. The van der Waals surface area contributed by atoms with Gasteiger partial charge >= 0.3 is 0 Å². The minimum Gasteiger partial charge on any atom is -0.491 e. The van der Waals surface area contributed by atoms with Crippen molar-refractivity contribution in [2.24, 2.45) is 5.92 Å². The molecule has 2 aliphatic rings. The number of carbonyl (C=O) groups excluding carboxylic acids is 1. The Hall–Kier alpha value is -0.720. The van der Waals surface area contributed by atoms with Crippen LogP contribution in [0.2, 0.25) is 0 Å². The van der Waals surface area contributed by atoms with Gasteiger partial charge in [-0.05, 0) is 103 Å². The molecule has 2 saturated heterocycles. The number of rotatable bonds is 8. The van der Waals surface area contributed by atoms with Crippen LogP contribution in [0.1, 0.15) is 52.5 Å². The summed E-state index contributed by atoms with van der Waals surface area (Å²) >= 11 is 5.26. The topological polar surface area (TPSA) is 32.8 Å². The van der Waals surface area contributed by atoms with Crippen LogP contribution in [0.25, 0.3) is 0 Å². The van der Waals surface area contributed by atoms with E-state index in [0.717, 1.165) is 37.6 Å². The summed E-state index contributed by atoms with van der Waals surface area (Å²) in [5.74, 6) is 1.70. The van der Waals surface area contributed by atoms with Crippen LogP contribution in [0.15, 0.2) is 22.7 Å². The number of thioether (sulfide) groups is 1. The maximum absolute atomic E-state index is 12.1. The summed E-state index contributed by atoms with van der Waals surface area (Å²) in [6, 6.07) is 6.68. The number of likely N-dealkylation sites (tertiary alicyclic amines) is 1. The lowest BCUT2D eigenvalue weighted by atomic mass is 9.90. The normalized spacial score (nSPS) is 21.6. The van der Waals surface area contributed by atoms with Gasteiger partial charge in [0, 0.05) is 22.3 Å². The molecule has 3 rings (SSSR count). The second-order valence-electron chi connectivity index (χ2n) is 8.95. The average molecular weight is 484 g/mol. The number of amides is 1. The SMILES string of the molecule is CC(C)Oc1ccc(Br)c(CC2CCN(CCC3CN(C(C)C)C(=O)S3)CC2)c1. The Balaban J connectivity index is 1.42. The maximum atomic E-state index is 12.1. The second kappa shape index (κ2) is 10.5. The predicted octanol–water partition coefficient (Wildman–Crippen LogP) is 5.83. The summed E-state index contributed by atoms with van der Waals surface area (Å²) in [7, 11) is 0. The van der Waals surface area contributed by atoms with Gasteiger partial charge in [-0.25, -0.2) is 0 Å². The molecule has 1 amide bonds. The minimum absolute atomic E-state index is 0.202. The van der Waals surface area contributed by atoms with Crippen LogP contribution < -0.4 is 4.74 Å². The van der Waals surface area contributed by atoms with E-state index >= 15 is 0 Å². The van der Waals surface area contributed by atoms with Gasteiger partial charge in [-0.1, -0.05) is 27.7 Å². The number of piperidine rings is 1. The number of hydrogen-bond acceptors (Lipinski definition) is 4. The molecule has 0 saturated carbocycles. The van der Waals surface area contributed by atoms with Crippen molar-refractivity contribution in [3.8, 4) is 5.75 Å². The Morgan fingerprint density at radius 3 is 2.55 bits per heavy atom. The molecular formula is C23H35BrN2O2S.